The average Bonchev–Trinajstić information content (AvgIpc) is 3.12. The molecule has 0 aromatic heterocycles. The van der Waals surface area contributed by atoms with E-state index in [0.717, 1.165) is 28.6 Å². The van der Waals surface area contributed by atoms with Crippen molar-refractivity contribution in [2.24, 2.45) is 0 Å². The van der Waals surface area contributed by atoms with E-state index in [-0.39, 0.29) is 5.97 Å². The van der Waals surface area contributed by atoms with Crippen molar-refractivity contribution in [2.75, 3.05) is 40.4 Å². The highest BCUT2D eigenvalue weighted by Gasteiger charge is 2.11. The zero-order valence-electron chi connectivity index (χ0n) is 28.9. The number of para-hydroxylation sites is 4. The summed E-state index contributed by atoms with van der Waals surface area (Å²) in [6.45, 7) is 5.60. The number of hydrogen-bond donors (Lipinski definition) is 0. The minimum atomic E-state index is -0.245. The Morgan fingerprint density at radius 2 is 0.787 bits per heavy atom. The first-order valence-corrected chi connectivity index (χ1v) is 15.1. The molecular formula is C41H49NO5. The van der Waals surface area contributed by atoms with Crippen LogP contribution in [0.5, 0.6) is 11.5 Å². The molecule has 5 aromatic rings. The molecule has 0 heterocycles. The highest BCUT2D eigenvalue weighted by molar-refractivity contribution is 5.77. The minimum absolute atomic E-state index is 0.245. The maximum Gasteiger partial charge on any atom is 0.302 e. The molecule has 0 N–H and O–H groups in total. The molecule has 5 aromatic carbocycles. The second-order valence-corrected chi connectivity index (χ2v) is 9.96. The van der Waals surface area contributed by atoms with Crippen molar-refractivity contribution in [1.82, 2.24) is 0 Å². The number of nitrogens with zero attached hydrogens (tertiary/aromatic N) is 1. The molecule has 0 aliphatic carbocycles. The topological polar surface area (TPSA) is 57.2 Å². The number of anilines is 3. The Balaban J connectivity index is 0.000000374. The van der Waals surface area contributed by atoms with Crippen LogP contribution >= 0.6 is 0 Å². The molecule has 6 nitrogen and oxygen atoms in total. The molecule has 0 unspecified atom stereocenters. The van der Waals surface area contributed by atoms with Crippen molar-refractivity contribution >= 4 is 29.1 Å². The van der Waals surface area contributed by atoms with Gasteiger partial charge in [-0.3, -0.25) is 4.79 Å². The fourth-order valence-electron chi connectivity index (χ4n) is 3.77. The molecule has 47 heavy (non-hydrogen) atoms. The van der Waals surface area contributed by atoms with E-state index < -0.39 is 0 Å². The van der Waals surface area contributed by atoms with Crippen LogP contribution in [-0.4, -0.2) is 41.5 Å². The maximum atomic E-state index is 9.59. The third-order valence-corrected chi connectivity index (χ3v) is 5.88. The van der Waals surface area contributed by atoms with Crippen molar-refractivity contribution < 1.29 is 23.7 Å². The first-order valence-electron chi connectivity index (χ1n) is 15.1. The summed E-state index contributed by atoms with van der Waals surface area (Å²) in [6, 6.07) is 49.0. The largest absolute Gasteiger partial charge is 0.497 e. The molecule has 5 rings (SSSR count). The van der Waals surface area contributed by atoms with E-state index in [2.05, 4.69) is 107 Å². The summed E-state index contributed by atoms with van der Waals surface area (Å²) in [4.78, 5) is 11.9. The highest BCUT2D eigenvalue weighted by Crippen LogP contribution is 2.34. The Hall–Kier alpha value is -5.33. The van der Waals surface area contributed by atoms with Crippen LogP contribution in [0.25, 0.3) is 6.08 Å². The number of benzene rings is 5. The lowest BCUT2D eigenvalue weighted by atomic mass is 10.1. The first kappa shape index (κ1) is 39.7. The van der Waals surface area contributed by atoms with Gasteiger partial charge >= 0.3 is 5.97 Å². The molecule has 0 bridgehead atoms. The fraction of sp³-hybridized carbons (Fsp3) is 0.195. The van der Waals surface area contributed by atoms with Gasteiger partial charge in [-0.1, -0.05) is 96.6 Å². The van der Waals surface area contributed by atoms with Gasteiger partial charge in [-0.2, -0.15) is 0 Å². The lowest BCUT2D eigenvalue weighted by molar-refractivity contribution is -0.137. The molecule has 0 atom stereocenters. The zero-order chi connectivity index (χ0) is 34.7. The van der Waals surface area contributed by atoms with E-state index in [1.54, 1.807) is 28.4 Å². The molecule has 0 aliphatic heterocycles. The average molecular weight is 636 g/mol. The standard InChI is InChI=1S/C22H21N.2C7H8O.C3H6O2.C2H6O/c1-18(2)17-19-13-15-22(16-14-19)23(20-9-5-3-6-10-20)21-11-7-4-8-12-21;2*1-8-7-5-3-2-4-6-7;1-3(4)5-2;1-3-2/h3-17H,1-2H3;2*2-6H,1H3;1-2H3;1-2H3. The number of rotatable bonds is 6. The van der Waals surface area contributed by atoms with Gasteiger partial charge in [0.25, 0.3) is 0 Å². The number of esters is 1. The van der Waals surface area contributed by atoms with Crippen molar-refractivity contribution in [3.8, 4) is 11.5 Å². The second kappa shape index (κ2) is 24.9. The van der Waals surface area contributed by atoms with Gasteiger partial charge in [0.2, 0.25) is 0 Å². The smallest absolute Gasteiger partial charge is 0.302 e. The van der Waals surface area contributed by atoms with Crippen LogP contribution in [0.3, 0.4) is 0 Å². The number of allylic oxidation sites excluding steroid dienone is 1. The second-order valence-electron chi connectivity index (χ2n) is 9.96. The summed E-state index contributed by atoms with van der Waals surface area (Å²) in [5, 5.41) is 0. The van der Waals surface area contributed by atoms with E-state index in [1.165, 1.54) is 25.2 Å². The van der Waals surface area contributed by atoms with Gasteiger partial charge in [-0.05, 0) is 80.1 Å². The van der Waals surface area contributed by atoms with Crippen molar-refractivity contribution in [3.05, 3.63) is 157 Å². The lowest BCUT2D eigenvalue weighted by Gasteiger charge is -2.25. The summed E-state index contributed by atoms with van der Waals surface area (Å²) in [5.41, 5.74) is 6.02. The predicted octanol–water partition coefficient (Wildman–Crippen LogP) is 10.4. The summed E-state index contributed by atoms with van der Waals surface area (Å²) in [7, 11) is 7.92. The molecule has 248 valence electrons. The monoisotopic (exact) mass is 635 g/mol. The third-order valence-electron chi connectivity index (χ3n) is 5.88. The highest BCUT2D eigenvalue weighted by atomic mass is 16.5. The Labute approximate surface area is 281 Å². The van der Waals surface area contributed by atoms with E-state index in [4.69, 9.17) is 9.47 Å². The number of methoxy groups -OCH3 is 4. The van der Waals surface area contributed by atoms with Crippen molar-refractivity contribution in [3.63, 3.8) is 0 Å². The molecule has 0 fully saturated rings. The quantitative estimate of drug-likeness (QED) is 0.173. The van der Waals surface area contributed by atoms with Gasteiger partial charge in [0, 0.05) is 38.2 Å². The van der Waals surface area contributed by atoms with E-state index in [1.807, 2.05) is 72.8 Å². The number of hydrogen-bond acceptors (Lipinski definition) is 6. The van der Waals surface area contributed by atoms with Crippen LogP contribution in [0.1, 0.15) is 26.3 Å². The predicted molar refractivity (Wildman–Crippen MR) is 197 cm³/mol. The van der Waals surface area contributed by atoms with Crippen LogP contribution in [-0.2, 0) is 14.3 Å². The molecular weight excluding hydrogens is 586 g/mol. The number of carbonyl (C=O) groups excluding carboxylic acids is 1. The van der Waals surface area contributed by atoms with Crippen LogP contribution in [0, 0.1) is 0 Å². The summed E-state index contributed by atoms with van der Waals surface area (Å²) >= 11 is 0. The van der Waals surface area contributed by atoms with Gasteiger partial charge in [0.05, 0.1) is 21.3 Å². The Kier molecular flexibility index (Phi) is 21.1. The molecule has 0 spiro atoms. The molecule has 0 radical (unpaired) electrons. The maximum absolute atomic E-state index is 9.59. The molecule has 0 saturated heterocycles. The first-order chi connectivity index (χ1) is 22.8. The third kappa shape index (κ3) is 17.7. The van der Waals surface area contributed by atoms with Crippen LogP contribution in [0.15, 0.2) is 151 Å². The molecule has 0 saturated carbocycles. The van der Waals surface area contributed by atoms with E-state index in [0.29, 0.717) is 0 Å². The van der Waals surface area contributed by atoms with Gasteiger partial charge in [-0.25, -0.2) is 0 Å². The van der Waals surface area contributed by atoms with Gasteiger partial charge < -0.3 is 23.8 Å². The summed E-state index contributed by atoms with van der Waals surface area (Å²) in [5.74, 6) is 1.57. The lowest BCUT2D eigenvalue weighted by Crippen LogP contribution is -2.09. The van der Waals surface area contributed by atoms with E-state index in [9.17, 15) is 4.79 Å². The number of ether oxygens (including phenoxy) is 4. The van der Waals surface area contributed by atoms with Crippen LogP contribution in [0.2, 0.25) is 0 Å². The summed E-state index contributed by atoms with van der Waals surface area (Å²) in [6.07, 6.45) is 2.19. The molecule has 6 heteroatoms. The van der Waals surface area contributed by atoms with Gasteiger partial charge in [0.15, 0.2) is 0 Å². The number of carbonyl (C=O) groups is 1. The van der Waals surface area contributed by atoms with Crippen LogP contribution in [0.4, 0.5) is 17.1 Å². The molecule has 0 amide bonds. The Morgan fingerprint density at radius 1 is 0.489 bits per heavy atom. The van der Waals surface area contributed by atoms with Crippen molar-refractivity contribution in [2.45, 2.75) is 20.8 Å². The normalized spacial score (nSPS) is 9.02. The fourth-order valence-corrected chi connectivity index (χ4v) is 3.77. The molecule has 0 aliphatic rings. The summed E-state index contributed by atoms with van der Waals surface area (Å²) < 4.78 is 18.2. The SMILES string of the molecule is CC(C)=Cc1ccc(N(c2ccccc2)c2ccccc2)cc1.COC.COC(C)=O.COc1ccccc1.COc1ccccc1. The Morgan fingerprint density at radius 3 is 1.04 bits per heavy atom. The zero-order valence-corrected chi connectivity index (χ0v) is 28.9. The van der Waals surface area contributed by atoms with Gasteiger partial charge in [-0.15, -0.1) is 0 Å². The van der Waals surface area contributed by atoms with Gasteiger partial charge in [0.1, 0.15) is 11.5 Å². The Bertz CT molecular complexity index is 1410. The van der Waals surface area contributed by atoms with Crippen LogP contribution < -0.4 is 14.4 Å². The van der Waals surface area contributed by atoms with E-state index >= 15 is 0 Å². The minimum Gasteiger partial charge on any atom is -0.497 e. The van der Waals surface area contributed by atoms with Crippen molar-refractivity contribution in [1.29, 1.82) is 0 Å².